The maximum Gasteiger partial charge on any atom is 0.00823 e. The van der Waals surface area contributed by atoms with Crippen molar-refractivity contribution >= 4 is 0 Å². The standard InChI is InChI=1S/C14H28N2/c1-16-11-6-9-14(10-12-16)15-13-7-4-2-3-5-8-13/h13-15H,2-12H2,1H3. The van der Waals surface area contributed by atoms with Crippen LogP contribution in [0.15, 0.2) is 0 Å². The van der Waals surface area contributed by atoms with Gasteiger partial charge >= 0.3 is 0 Å². The van der Waals surface area contributed by atoms with E-state index in [4.69, 9.17) is 0 Å². The van der Waals surface area contributed by atoms with Crippen LogP contribution >= 0.6 is 0 Å². The van der Waals surface area contributed by atoms with E-state index in [0.717, 1.165) is 12.1 Å². The van der Waals surface area contributed by atoms with E-state index < -0.39 is 0 Å². The van der Waals surface area contributed by atoms with E-state index in [1.165, 1.54) is 70.9 Å². The highest BCUT2D eigenvalue weighted by Crippen LogP contribution is 2.19. The Bertz CT molecular complexity index is 185. The quantitative estimate of drug-likeness (QED) is 0.726. The number of hydrogen-bond donors (Lipinski definition) is 1. The molecule has 1 unspecified atom stereocenters. The van der Waals surface area contributed by atoms with Gasteiger partial charge in [-0.05, 0) is 52.2 Å². The number of nitrogens with zero attached hydrogens (tertiary/aromatic N) is 1. The van der Waals surface area contributed by atoms with Gasteiger partial charge in [0, 0.05) is 12.1 Å². The molecule has 2 aliphatic rings. The minimum absolute atomic E-state index is 0.799. The smallest absolute Gasteiger partial charge is 0.00823 e. The lowest BCUT2D eigenvalue weighted by atomic mass is 10.0. The van der Waals surface area contributed by atoms with Crippen LogP contribution < -0.4 is 5.32 Å². The van der Waals surface area contributed by atoms with Crippen molar-refractivity contribution in [2.45, 2.75) is 69.9 Å². The van der Waals surface area contributed by atoms with E-state index in [-0.39, 0.29) is 0 Å². The second kappa shape index (κ2) is 6.61. The molecule has 0 aromatic heterocycles. The summed E-state index contributed by atoms with van der Waals surface area (Å²) in [6, 6.07) is 1.63. The molecule has 1 N–H and O–H groups in total. The molecule has 0 aromatic rings. The van der Waals surface area contributed by atoms with Crippen LogP contribution in [0.5, 0.6) is 0 Å². The average Bonchev–Trinajstić information content (AvgIpc) is 2.63. The van der Waals surface area contributed by atoms with E-state index in [0.29, 0.717) is 0 Å². The third kappa shape index (κ3) is 4.06. The molecule has 1 heterocycles. The largest absolute Gasteiger partial charge is 0.311 e. The first-order valence-electron chi connectivity index (χ1n) is 7.29. The lowest BCUT2D eigenvalue weighted by Crippen LogP contribution is -2.38. The van der Waals surface area contributed by atoms with E-state index in [2.05, 4.69) is 17.3 Å². The molecule has 2 heteroatoms. The first-order valence-corrected chi connectivity index (χ1v) is 7.29. The van der Waals surface area contributed by atoms with Crippen LogP contribution in [0, 0.1) is 0 Å². The number of nitrogens with one attached hydrogen (secondary N) is 1. The number of rotatable bonds is 2. The Hall–Kier alpha value is -0.0800. The zero-order valence-electron chi connectivity index (χ0n) is 10.9. The zero-order chi connectivity index (χ0) is 11.2. The van der Waals surface area contributed by atoms with Crippen molar-refractivity contribution in [2.24, 2.45) is 0 Å². The summed E-state index contributed by atoms with van der Waals surface area (Å²) in [6.07, 6.45) is 12.8. The highest BCUT2D eigenvalue weighted by Gasteiger charge is 2.19. The Morgan fingerprint density at radius 3 is 2.12 bits per heavy atom. The van der Waals surface area contributed by atoms with E-state index in [9.17, 15) is 0 Å². The third-order valence-electron chi connectivity index (χ3n) is 4.28. The van der Waals surface area contributed by atoms with Gasteiger partial charge < -0.3 is 10.2 Å². The monoisotopic (exact) mass is 224 g/mol. The Labute approximate surface area is 101 Å². The van der Waals surface area contributed by atoms with Gasteiger partial charge in [0.15, 0.2) is 0 Å². The summed E-state index contributed by atoms with van der Waals surface area (Å²) < 4.78 is 0. The zero-order valence-corrected chi connectivity index (χ0v) is 10.9. The molecule has 1 aliphatic carbocycles. The molecule has 2 fully saturated rings. The average molecular weight is 224 g/mol. The Balaban J connectivity index is 1.74. The number of likely N-dealkylation sites (tertiary alicyclic amines) is 1. The van der Waals surface area contributed by atoms with Gasteiger partial charge in [-0.2, -0.15) is 0 Å². The summed E-state index contributed by atoms with van der Waals surface area (Å²) in [4.78, 5) is 2.48. The van der Waals surface area contributed by atoms with Gasteiger partial charge in [-0.25, -0.2) is 0 Å². The topological polar surface area (TPSA) is 15.3 Å². The van der Waals surface area contributed by atoms with Crippen LogP contribution in [-0.2, 0) is 0 Å². The van der Waals surface area contributed by atoms with Crippen LogP contribution in [0.25, 0.3) is 0 Å². The highest BCUT2D eigenvalue weighted by molar-refractivity contribution is 4.79. The fraction of sp³-hybridized carbons (Fsp3) is 1.00. The van der Waals surface area contributed by atoms with Crippen molar-refractivity contribution in [3.63, 3.8) is 0 Å². The fourth-order valence-electron chi connectivity index (χ4n) is 3.19. The van der Waals surface area contributed by atoms with Crippen LogP contribution in [0.1, 0.15) is 57.8 Å². The molecular formula is C14H28N2. The van der Waals surface area contributed by atoms with Crippen molar-refractivity contribution in [1.82, 2.24) is 10.2 Å². The van der Waals surface area contributed by atoms with Gasteiger partial charge in [0.25, 0.3) is 0 Å². The summed E-state index contributed by atoms with van der Waals surface area (Å²) in [6.45, 7) is 2.58. The molecular weight excluding hydrogens is 196 g/mol. The Morgan fingerprint density at radius 1 is 0.750 bits per heavy atom. The van der Waals surface area contributed by atoms with Crippen molar-refractivity contribution in [3.05, 3.63) is 0 Å². The number of hydrogen-bond acceptors (Lipinski definition) is 2. The summed E-state index contributed by atoms with van der Waals surface area (Å²) in [5.41, 5.74) is 0. The van der Waals surface area contributed by atoms with Gasteiger partial charge in [-0.1, -0.05) is 25.7 Å². The second-order valence-electron chi connectivity index (χ2n) is 5.79. The van der Waals surface area contributed by atoms with Crippen LogP contribution in [0.3, 0.4) is 0 Å². The van der Waals surface area contributed by atoms with E-state index in [1.807, 2.05) is 0 Å². The molecule has 1 atom stereocenters. The predicted molar refractivity (Wildman–Crippen MR) is 69.8 cm³/mol. The van der Waals surface area contributed by atoms with Gasteiger partial charge in [-0.3, -0.25) is 0 Å². The molecule has 0 radical (unpaired) electrons. The predicted octanol–water partition coefficient (Wildman–Crippen LogP) is 2.78. The minimum atomic E-state index is 0.799. The second-order valence-corrected chi connectivity index (χ2v) is 5.79. The first kappa shape index (κ1) is 12.4. The normalized spacial score (nSPS) is 30.9. The molecule has 2 nitrogen and oxygen atoms in total. The summed E-state index contributed by atoms with van der Waals surface area (Å²) in [5.74, 6) is 0. The molecule has 0 spiro atoms. The molecule has 0 bridgehead atoms. The first-order chi connectivity index (χ1) is 7.84. The molecule has 16 heavy (non-hydrogen) atoms. The van der Waals surface area contributed by atoms with Gasteiger partial charge in [0.05, 0.1) is 0 Å². The van der Waals surface area contributed by atoms with Crippen molar-refractivity contribution in [2.75, 3.05) is 20.1 Å². The lowest BCUT2D eigenvalue weighted by Gasteiger charge is -2.24. The maximum atomic E-state index is 3.93. The third-order valence-corrected chi connectivity index (χ3v) is 4.28. The SMILES string of the molecule is CN1CCCC(NC2CCCCCC2)CC1. The van der Waals surface area contributed by atoms with Crippen LogP contribution in [0.2, 0.25) is 0 Å². The Morgan fingerprint density at radius 2 is 1.38 bits per heavy atom. The molecule has 1 saturated heterocycles. The molecule has 1 aliphatic heterocycles. The molecule has 0 amide bonds. The maximum absolute atomic E-state index is 3.93. The van der Waals surface area contributed by atoms with Gasteiger partial charge in [0.1, 0.15) is 0 Å². The summed E-state index contributed by atoms with van der Waals surface area (Å²) in [5, 5.41) is 3.93. The minimum Gasteiger partial charge on any atom is -0.311 e. The molecule has 2 rings (SSSR count). The molecule has 94 valence electrons. The molecule has 0 aromatic carbocycles. The summed E-state index contributed by atoms with van der Waals surface area (Å²) in [7, 11) is 2.26. The van der Waals surface area contributed by atoms with Crippen molar-refractivity contribution in [3.8, 4) is 0 Å². The lowest BCUT2D eigenvalue weighted by molar-refractivity contribution is 0.333. The fourth-order valence-corrected chi connectivity index (χ4v) is 3.19. The van der Waals surface area contributed by atoms with Gasteiger partial charge in [-0.15, -0.1) is 0 Å². The Kier molecular flexibility index (Phi) is 5.11. The highest BCUT2D eigenvalue weighted by atomic mass is 15.1. The van der Waals surface area contributed by atoms with Crippen molar-refractivity contribution in [1.29, 1.82) is 0 Å². The summed E-state index contributed by atoms with van der Waals surface area (Å²) >= 11 is 0. The van der Waals surface area contributed by atoms with Crippen molar-refractivity contribution < 1.29 is 0 Å². The van der Waals surface area contributed by atoms with Gasteiger partial charge in [0.2, 0.25) is 0 Å². The van der Waals surface area contributed by atoms with Crippen LogP contribution in [0.4, 0.5) is 0 Å². The van der Waals surface area contributed by atoms with Crippen LogP contribution in [-0.4, -0.2) is 37.1 Å². The van der Waals surface area contributed by atoms with E-state index in [1.54, 1.807) is 0 Å². The van der Waals surface area contributed by atoms with E-state index >= 15 is 0 Å². The molecule has 1 saturated carbocycles.